The first-order chi connectivity index (χ1) is 38.3. The molecule has 0 aromatic heterocycles. The number of para-hydroxylation sites is 1. The number of benzene rings is 7. The quantitative estimate of drug-likeness (QED) is 0.0500. The van der Waals surface area contributed by atoms with Crippen molar-refractivity contribution in [2.45, 2.75) is 81.2 Å². The monoisotopic (exact) mass is 1060 g/mol. The van der Waals surface area contributed by atoms with Crippen LogP contribution in [-0.4, -0.2) is 106 Å². The molecule has 0 bridgehead atoms. The summed E-state index contributed by atoms with van der Waals surface area (Å²) in [5.74, 6) is -2.31. The Morgan fingerprint density at radius 3 is 1.27 bits per heavy atom. The van der Waals surface area contributed by atoms with Crippen molar-refractivity contribution in [2.24, 2.45) is 0 Å². The average molecular weight is 1060 g/mol. The number of ether oxygens (including phenoxy) is 11. The standard InChI is InChI=1S/C62H59NO15/c1-68-60-56(77-59(66)47-33-19-7-20-34-47)54(76-58(65)46-31-17-6-18-32-46)52(50(74-60)40-72-57(64)45-29-15-5-16-30-45)78-61-55(71-39-44-27-13-4-14-28-44)53(70-38-43-25-11-3-12-26-43)51(69-37-42-23-9-2-10-24-42)49(75-61)41-73-62(67)63-48-35-21-8-22-36-48/h2-36,49-56,60-61H,37-41H2,1H3,(H,63,67)/t49-,50-,51-,52-,53+,54+,55-,56-,60+,61-/m1/s1. The number of hydrogen-bond donors (Lipinski definition) is 1. The first kappa shape index (κ1) is 54.7. The first-order valence-electron chi connectivity index (χ1n) is 25.5. The Hall–Kier alpha value is -8.06. The van der Waals surface area contributed by atoms with Crippen LogP contribution in [0.3, 0.4) is 0 Å². The highest BCUT2D eigenvalue weighted by Crippen LogP contribution is 2.37. The van der Waals surface area contributed by atoms with Gasteiger partial charge in [-0.2, -0.15) is 0 Å². The van der Waals surface area contributed by atoms with E-state index in [2.05, 4.69) is 5.32 Å². The van der Waals surface area contributed by atoms with Gasteiger partial charge in [0.15, 0.2) is 24.8 Å². The van der Waals surface area contributed by atoms with Crippen molar-refractivity contribution in [3.63, 3.8) is 0 Å². The smallest absolute Gasteiger partial charge is 0.411 e. The summed E-state index contributed by atoms with van der Waals surface area (Å²) in [4.78, 5) is 55.9. The van der Waals surface area contributed by atoms with Gasteiger partial charge in [0.25, 0.3) is 0 Å². The lowest BCUT2D eigenvalue weighted by molar-refractivity contribution is -0.366. The minimum atomic E-state index is -1.58. The molecule has 2 aliphatic rings. The summed E-state index contributed by atoms with van der Waals surface area (Å²) in [6, 6.07) is 62.0. The summed E-state index contributed by atoms with van der Waals surface area (Å²) < 4.78 is 71.8. The molecule has 402 valence electrons. The third-order valence-corrected chi connectivity index (χ3v) is 12.9. The van der Waals surface area contributed by atoms with Gasteiger partial charge < -0.3 is 52.1 Å². The summed E-state index contributed by atoms with van der Waals surface area (Å²) in [6.07, 6.45) is -14.1. The van der Waals surface area contributed by atoms with Crippen molar-refractivity contribution < 1.29 is 71.3 Å². The summed E-state index contributed by atoms with van der Waals surface area (Å²) >= 11 is 0. The zero-order valence-corrected chi connectivity index (χ0v) is 42.6. The molecule has 0 spiro atoms. The highest BCUT2D eigenvalue weighted by molar-refractivity contribution is 5.91. The Morgan fingerprint density at radius 2 is 0.782 bits per heavy atom. The molecule has 78 heavy (non-hydrogen) atoms. The molecular formula is C62H59NO15. The van der Waals surface area contributed by atoms with E-state index >= 15 is 0 Å². The van der Waals surface area contributed by atoms with E-state index in [1.54, 1.807) is 115 Å². The van der Waals surface area contributed by atoms with E-state index in [9.17, 15) is 19.2 Å². The molecule has 2 heterocycles. The molecule has 10 atom stereocenters. The minimum Gasteiger partial charge on any atom is -0.459 e. The largest absolute Gasteiger partial charge is 0.459 e. The van der Waals surface area contributed by atoms with Crippen LogP contribution in [0.5, 0.6) is 0 Å². The second kappa shape index (κ2) is 27.8. The van der Waals surface area contributed by atoms with Gasteiger partial charge in [-0.05, 0) is 65.2 Å². The fraction of sp³-hybridized carbons (Fsp3) is 0.258. The van der Waals surface area contributed by atoms with Crippen molar-refractivity contribution in [1.29, 1.82) is 0 Å². The Labute approximate surface area is 452 Å². The van der Waals surface area contributed by atoms with Gasteiger partial charge in [-0.25, -0.2) is 19.2 Å². The van der Waals surface area contributed by atoms with Gasteiger partial charge in [0.05, 0.1) is 36.5 Å². The van der Waals surface area contributed by atoms with E-state index in [4.69, 9.17) is 52.1 Å². The maximum atomic E-state index is 14.4. The number of esters is 3. The first-order valence-corrected chi connectivity index (χ1v) is 25.5. The molecule has 1 N–H and O–H groups in total. The second-order valence-corrected chi connectivity index (χ2v) is 18.2. The maximum absolute atomic E-state index is 14.4. The average Bonchev–Trinajstić information content (AvgIpc) is 3.52. The topological polar surface area (TPSA) is 182 Å². The third kappa shape index (κ3) is 14.9. The molecule has 9 rings (SSSR count). The number of carbonyl (C=O) groups excluding carboxylic acids is 4. The van der Waals surface area contributed by atoms with Gasteiger partial charge in [0.1, 0.15) is 49.8 Å². The van der Waals surface area contributed by atoms with E-state index in [0.717, 1.165) is 16.7 Å². The number of anilines is 1. The maximum Gasteiger partial charge on any atom is 0.411 e. The molecular weight excluding hydrogens is 999 g/mol. The second-order valence-electron chi connectivity index (χ2n) is 18.2. The molecule has 2 fully saturated rings. The van der Waals surface area contributed by atoms with Gasteiger partial charge in [-0.15, -0.1) is 0 Å². The van der Waals surface area contributed by atoms with E-state index in [-0.39, 0.29) is 36.5 Å². The molecule has 1 amide bonds. The van der Waals surface area contributed by atoms with E-state index in [0.29, 0.717) is 5.69 Å². The van der Waals surface area contributed by atoms with Crippen molar-refractivity contribution in [1.82, 2.24) is 0 Å². The van der Waals surface area contributed by atoms with Crippen LogP contribution in [0.2, 0.25) is 0 Å². The van der Waals surface area contributed by atoms with Crippen LogP contribution in [0, 0.1) is 0 Å². The van der Waals surface area contributed by atoms with E-state index < -0.39 is 98.6 Å². The summed E-state index contributed by atoms with van der Waals surface area (Å²) in [5, 5.41) is 2.75. The molecule has 0 saturated carbocycles. The number of amides is 1. The van der Waals surface area contributed by atoms with Crippen molar-refractivity contribution in [3.05, 3.63) is 246 Å². The minimum absolute atomic E-state index is 0.0146. The number of methoxy groups -OCH3 is 1. The highest BCUT2D eigenvalue weighted by atomic mass is 16.8. The van der Waals surface area contributed by atoms with E-state index in [1.165, 1.54) is 7.11 Å². The Kier molecular flexibility index (Phi) is 19.5. The summed E-state index contributed by atoms with van der Waals surface area (Å²) in [5.41, 5.74) is 3.53. The lowest BCUT2D eigenvalue weighted by atomic mass is 9.95. The van der Waals surface area contributed by atoms with Crippen LogP contribution in [0.15, 0.2) is 212 Å². The number of hydrogen-bond acceptors (Lipinski definition) is 15. The molecule has 2 saturated heterocycles. The molecule has 0 aliphatic carbocycles. The molecule has 7 aromatic rings. The predicted molar refractivity (Wildman–Crippen MR) is 284 cm³/mol. The zero-order chi connectivity index (χ0) is 53.9. The fourth-order valence-electron chi connectivity index (χ4n) is 8.95. The Bertz CT molecular complexity index is 2940. The summed E-state index contributed by atoms with van der Waals surface area (Å²) in [6.45, 7) is -0.739. The highest BCUT2D eigenvalue weighted by Gasteiger charge is 2.56. The fourth-order valence-corrected chi connectivity index (χ4v) is 8.95. The number of nitrogens with one attached hydrogen (secondary N) is 1. The van der Waals surface area contributed by atoms with Crippen LogP contribution in [0.4, 0.5) is 10.5 Å². The molecule has 0 unspecified atom stereocenters. The van der Waals surface area contributed by atoms with Crippen LogP contribution in [-0.2, 0) is 71.9 Å². The van der Waals surface area contributed by atoms with Crippen LogP contribution in [0.1, 0.15) is 47.8 Å². The zero-order valence-electron chi connectivity index (χ0n) is 42.6. The van der Waals surface area contributed by atoms with Crippen LogP contribution >= 0.6 is 0 Å². The number of carbonyl (C=O) groups is 4. The van der Waals surface area contributed by atoms with Gasteiger partial charge in [0, 0.05) is 12.8 Å². The van der Waals surface area contributed by atoms with Gasteiger partial charge >= 0.3 is 24.0 Å². The Balaban J connectivity index is 1.14. The van der Waals surface area contributed by atoms with Gasteiger partial charge in [-0.3, -0.25) is 5.32 Å². The van der Waals surface area contributed by atoms with Crippen molar-refractivity contribution in [3.8, 4) is 0 Å². The van der Waals surface area contributed by atoms with Gasteiger partial charge in [-0.1, -0.05) is 164 Å². The predicted octanol–water partition coefficient (Wildman–Crippen LogP) is 9.78. The summed E-state index contributed by atoms with van der Waals surface area (Å²) in [7, 11) is 1.33. The van der Waals surface area contributed by atoms with E-state index in [1.807, 2.05) is 97.1 Å². The lowest BCUT2D eigenvalue weighted by Gasteiger charge is -2.49. The normalized spacial score (nSPS) is 22.8. The SMILES string of the molecule is CO[C@H]1O[C@H](COC(=O)c2ccccc2)[C@@H](O[C@H]2O[C@H](COC(=O)Nc3ccccc3)[C@@H](OCc3ccccc3)[C@H](OCc3ccccc3)[C@H]2OCc2ccccc2)[C@H](OC(=O)c2ccccc2)[C@H]1OC(=O)c1ccccc1. The van der Waals surface area contributed by atoms with Crippen molar-refractivity contribution in [2.75, 3.05) is 25.6 Å². The van der Waals surface area contributed by atoms with Crippen LogP contribution < -0.4 is 5.32 Å². The number of rotatable bonds is 22. The lowest BCUT2D eigenvalue weighted by Crippen LogP contribution is -2.67. The Morgan fingerprint density at radius 1 is 0.397 bits per heavy atom. The molecule has 16 heteroatoms. The third-order valence-electron chi connectivity index (χ3n) is 12.9. The molecule has 7 aromatic carbocycles. The molecule has 2 aliphatic heterocycles. The molecule has 0 radical (unpaired) electrons. The molecule has 16 nitrogen and oxygen atoms in total. The van der Waals surface area contributed by atoms with Crippen molar-refractivity contribution >= 4 is 29.7 Å². The van der Waals surface area contributed by atoms with Crippen LogP contribution in [0.25, 0.3) is 0 Å². The van der Waals surface area contributed by atoms with Gasteiger partial charge in [0.2, 0.25) is 0 Å².